The summed E-state index contributed by atoms with van der Waals surface area (Å²) in [6.07, 6.45) is 22.8. The van der Waals surface area contributed by atoms with Gasteiger partial charge < -0.3 is 71.7 Å². The van der Waals surface area contributed by atoms with Crippen LogP contribution in [0.5, 0.6) is 34.9 Å². The Morgan fingerprint density at radius 2 is 0.681 bits per heavy atom. The van der Waals surface area contributed by atoms with Crippen LogP contribution >= 0.6 is 0 Å². The van der Waals surface area contributed by atoms with E-state index in [1.807, 2.05) is 215 Å². The summed E-state index contributed by atoms with van der Waals surface area (Å²) < 4.78 is 54.6. The van der Waals surface area contributed by atoms with Gasteiger partial charge in [0.25, 0.3) is 0 Å². The molecule has 747 valence electrons. The van der Waals surface area contributed by atoms with Gasteiger partial charge >= 0.3 is 17.9 Å². The number of nitrogens with zero attached hydrogens (tertiary/aromatic N) is 9. The molecule has 9 aliphatic rings. The van der Waals surface area contributed by atoms with Gasteiger partial charge in [-0.05, 0) is 178 Å². The number of hydrogen-bond donors (Lipinski definition) is 0. The Hall–Kier alpha value is -10.3. The first-order chi connectivity index (χ1) is 66.3. The van der Waals surface area contributed by atoms with Crippen LogP contribution in [0.15, 0.2) is 146 Å². The Labute approximate surface area is 863 Å². The maximum Gasteiger partial charge on any atom is 0.307 e. The molecule has 3 amide bonds. The van der Waals surface area contributed by atoms with Crippen molar-refractivity contribution >= 4 is 87.6 Å². The second-order valence-electron chi connectivity index (χ2n) is 42.5. The first kappa shape index (κ1) is 108. The normalized spacial score (nSPS) is 27.6. The molecule has 0 unspecified atom stereocenters. The fraction of sp³-hybridized carbons (Fsp3) is 0.541. The van der Waals surface area contributed by atoms with Gasteiger partial charge in [-0.3, -0.25) is 28.8 Å². The number of fused-ring (bicyclic) bond motifs is 15. The molecule has 6 bridgehead atoms. The summed E-state index contributed by atoms with van der Waals surface area (Å²) in [5.74, 6) is -1.26. The molecule has 27 nitrogen and oxygen atoms in total. The summed E-state index contributed by atoms with van der Waals surface area (Å²) in [7, 11) is 4.83. The van der Waals surface area contributed by atoms with E-state index in [9.17, 15) is 43.2 Å². The molecule has 18 rings (SSSR count). The molecule has 3 aromatic heterocycles. The van der Waals surface area contributed by atoms with E-state index in [0.717, 1.165) is 159 Å². The zero-order valence-corrected chi connectivity index (χ0v) is 87.5. The van der Waals surface area contributed by atoms with E-state index in [2.05, 4.69) is 18.9 Å². The fourth-order valence-electron chi connectivity index (χ4n) is 21.7. The number of rotatable bonds is 9. The average Bonchev–Trinajstić information content (AvgIpc) is 1.61. The minimum absolute atomic E-state index is 0. The average molecular weight is 2030 g/mol. The number of ether oxygens (including phenoxy) is 9. The van der Waals surface area contributed by atoms with Crippen LogP contribution in [0.1, 0.15) is 249 Å². The van der Waals surface area contributed by atoms with E-state index >= 15 is 0 Å². The van der Waals surface area contributed by atoms with Gasteiger partial charge in [0.1, 0.15) is 70.5 Å². The Balaban J connectivity index is 0.000000176. The first-order valence-electron chi connectivity index (χ1n) is 49.7. The molecule has 3 radical (unpaired) electrons. The van der Waals surface area contributed by atoms with Crippen molar-refractivity contribution in [2.75, 3.05) is 41.0 Å². The van der Waals surface area contributed by atoms with Crippen LogP contribution in [0, 0.1) is 51.8 Å². The van der Waals surface area contributed by atoms with Crippen LogP contribution in [0.3, 0.4) is 0 Å². The van der Waals surface area contributed by atoms with E-state index < -0.39 is 93.8 Å². The largest absolute Gasteiger partial charge is 0.540 e. The molecule has 3 saturated heterocycles. The minimum Gasteiger partial charge on any atom is -0.540 e. The molecule has 0 N–H and O–H groups in total. The van der Waals surface area contributed by atoms with Crippen molar-refractivity contribution in [3.63, 3.8) is 0 Å². The minimum atomic E-state index is -0.912. The van der Waals surface area contributed by atoms with Crippen LogP contribution in [-0.2, 0) is 132 Å². The van der Waals surface area contributed by atoms with Crippen molar-refractivity contribution in [1.29, 1.82) is 0 Å². The molecule has 3 saturated carbocycles. The van der Waals surface area contributed by atoms with Gasteiger partial charge in [-0.1, -0.05) is 210 Å². The predicted molar refractivity (Wildman–Crippen MR) is 520 cm³/mol. The van der Waals surface area contributed by atoms with Gasteiger partial charge in [0.15, 0.2) is 0 Å². The van der Waals surface area contributed by atoms with Gasteiger partial charge in [0.2, 0.25) is 35.4 Å². The maximum atomic E-state index is 14.5. The van der Waals surface area contributed by atoms with Crippen LogP contribution in [0.4, 0.5) is 0 Å². The Bertz CT molecular complexity index is 5890. The van der Waals surface area contributed by atoms with Gasteiger partial charge in [0, 0.05) is 97.5 Å². The molecule has 6 aliphatic heterocycles. The third kappa shape index (κ3) is 25.4. The third-order valence-electron chi connectivity index (χ3n) is 29.9. The Morgan fingerprint density at radius 1 is 0.355 bits per heavy atom. The number of carbonyl (C=O) groups is 6. The van der Waals surface area contributed by atoms with E-state index in [-0.39, 0.29) is 142 Å². The van der Waals surface area contributed by atoms with E-state index in [1.165, 1.54) is 0 Å². The van der Waals surface area contributed by atoms with Crippen LogP contribution in [0.2, 0.25) is 0 Å². The predicted octanol–water partition coefficient (Wildman–Crippen LogP) is 17.9. The van der Waals surface area contributed by atoms with Crippen molar-refractivity contribution < 1.29 is 141 Å². The quantitative estimate of drug-likeness (QED) is 0.0736. The van der Waals surface area contributed by atoms with Gasteiger partial charge in [-0.2, -0.15) is 0 Å². The summed E-state index contributed by atoms with van der Waals surface area (Å²) in [5, 5.41) is 0. The van der Waals surface area contributed by atoms with Crippen molar-refractivity contribution in [2.45, 2.75) is 289 Å². The molecule has 0 spiro atoms. The zero-order valence-electron chi connectivity index (χ0n) is 83.3. The number of aryl methyl sites for hydroxylation is 3. The second-order valence-corrected chi connectivity index (χ2v) is 42.5. The summed E-state index contributed by atoms with van der Waals surface area (Å²) >= 11 is 0. The Kier molecular flexibility index (Phi) is 36.0. The molecular weight excluding hydrogens is 1900 g/mol. The third-order valence-corrected chi connectivity index (χ3v) is 29.9. The smallest absolute Gasteiger partial charge is 0.307 e. The number of methoxy groups -OCH3 is 3. The Morgan fingerprint density at radius 3 is 1.02 bits per heavy atom. The monoisotopic (exact) mass is 2030 g/mol. The van der Waals surface area contributed by atoms with Gasteiger partial charge in [-0.25, -0.2) is 48.8 Å². The summed E-state index contributed by atoms with van der Waals surface area (Å²) in [5.41, 5.74) is 6.85. The summed E-state index contributed by atoms with van der Waals surface area (Å²) in [4.78, 5) is 156. The van der Waals surface area contributed by atoms with Crippen molar-refractivity contribution in [3.8, 4) is 34.9 Å². The molecule has 141 heavy (non-hydrogen) atoms. The molecule has 9 heterocycles. The van der Waals surface area contributed by atoms with Crippen molar-refractivity contribution in [1.82, 2.24) is 44.6 Å². The summed E-state index contributed by atoms with van der Waals surface area (Å²) in [6, 6.07) is 43.0. The maximum absolute atomic E-state index is 14.5. The SMILES string of the molecule is COc1ccc2nc3c(nc2c1)O[C@H]1CN(C(=O)[C@H](C(C)(C)C)CC(=O)O[C@@H]2CCC[C@H]2CCCCC3)[C@H]([C-]=O)[C@@H]1c1ccccc1.COc1ccc2nc3c(nc2c1)O[C@H]1CN(C(=O)[C@H](C(C)(C)C)CC(=O)O[C@@H]2C[C@H]2CCCCC3)[C@H]([C-]=O)[C@@H]1c1ccccc1.COc1ccc2nc3c(nc2c1)O[C@H]1CN(C(=O)[C@H](C(C)(C)C)CC(=O)O[C@]2(C)C[C@H]2CCCCC3)[C@H]([C-]=O)[C@@H]1c1ccccc1.[V].[V].[V]. The number of aromatic nitrogens is 6. The van der Waals surface area contributed by atoms with Crippen molar-refractivity contribution in [2.24, 2.45) is 51.8 Å². The molecule has 9 aromatic rings. The fourth-order valence-corrected chi connectivity index (χ4v) is 21.7. The van der Waals surface area contributed by atoms with Gasteiger partial charge in [-0.15, -0.1) is 0 Å². The standard InChI is InChI=1S/C38H46N3O6.C37H44N3O6.C36H42N3O6.3V/c1-38(2,3)27-21-34(43)46-32-17-11-15-24(32)12-7-6-10-16-29-36(40-30-20-26(45-4)18-19-28(30)39-29)47-33-22-41(37(27)44)31(23-42)35(33)25-13-8-5-9-14-25;1-36(2,3)26-19-32(42)46-37(4)20-24(37)14-10-7-11-15-28-34(39-29-18-25(44-5)16-17-27(29)38-28)45-31-21-40(35(26)43)30(22-41)33(31)23-12-8-6-9-13-23;1-36(2,3)25-19-32(41)44-30-17-23(30)13-9-6-10-14-27-34(38-28-18-24(43-4)15-16-26(28)37-27)45-31-20-39(35(25)42)29(21-40)33(31)22-11-7-5-8-12-22;;;/h5,8-9,13-14,18-20,24,27,31-33,35H,6-7,10-12,15-17,21-22H2,1-4H3;6,8-9,12-13,16-18,24,26,30-31,33H,7,10-11,14-15,19-21H2,1-5H3;5,7-8,11-12,15-16,18,23,25,29-31,33H,6,9-10,13-14,17,19-20H2,1-4H3;;;/q3*-1;;;/t24-,27-,31-,32-,33+,35+;24-,26-,30-,31+,33+,37-;23-,25-,29-,30-,31+,33+;;;/m111.../s1. The van der Waals surface area contributed by atoms with E-state index in [1.54, 1.807) is 36.0 Å². The summed E-state index contributed by atoms with van der Waals surface area (Å²) in [6.45, 7) is 19.9. The van der Waals surface area contributed by atoms with Crippen LogP contribution in [-0.4, -0.2) is 194 Å². The number of benzene rings is 6. The second kappa shape index (κ2) is 47.1. The van der Waals surface area contributed by atoms with Crippen LogP contribution < -0.4 is 28.4 Å². The molecule has 3 aliphatic carbocycles. The number of esters is 3. The molecule has 6 aromatic carbocycles. The number of carbonyl (C=O) groups excluding carboxylic acids is 9. The van der Waals surface area contributed by atoms with E-state index in [0.29, 0.717) is 88.5 Å². The molecule has 6 fully saturated rings. The zero-order chi connectivity index (χ0) is 97.5. The number of amides is 3. The van der Waals surface area contributed by atoms with E-state index in [4.69, 9.17) is 72.5 Å². The van der Waals surface area contributed by atoms with Crippen LogP contribution in [0.25, 0.3) is 33.1 Å². The molecule has 30 heteroatoms. The number of hydrogen-bond acceptors (Lipinski definition) is 24. The molecular formula is C111H132N9O18V3-3. The van der Waals surface area contributed by atoms with Crippen molar-refractivity contribution in [3.05, 3.63) is 179 Å². The topological polar surface area (TPSA) is 324 Å². The molecule has 18 atom stereocenters. The first-order valence-corrected chi connectivity index (χ1v) is 49.7. The van der Waals surface area contributed by atoms with Gasteiger partial charge in [0.05, 0.1) is 111 Å².